The van der Waals surface area contributed by atoms with Crippen molar-refractivity contribution in [2.75, 3.05) is 19.6 Å². The lowest BCUT2D eigenvalue weighted by molar-refractivity contribution is 0.0916. The second kappa shape index (κ2) is 5.29. The fraction of sp³-hybridized carbons (Fsp3) is 0.389. The van der Waals surface area contributed by atoms with Crippen molar-refractivity contribution >= 4 is 5.91 Å². The van der Waals surface area contributed by atoms with Gasteiger partial charge < -0.3 is 14.8 Å². The number of piperidine rings is 1. The highest BCUT2D eigenvalue weighted by atomic mass is 16.2. The summed E-state index contributed by atoms with van der Waals surface area (Å²) in [7, 11) is 1.96. The van der Waals surface area contributed by atoms with Gasteiger partial charge >= 0.3 is 0 Å². The lowest BCUT2D eigenvalue weighted by Gasteiger charge is -2.23. The number of hydrogen-bond acceptors (Lipinski definition) is 2. The second-order valence-electron chi connectivity index (χ2n) is 6.42. The summed E-state index contributed by atoms with van der Waals surface area (Å²) in [5, 5.41) is 3.23. The number of carbonyl (C=O) groups is 1. The summed E-state index contributed by atoms with van der Waals surface area (Å²) in [5.41, 5.74) is 2.94. The molecule has 2 saturated heterocycles. The smallest absolute Gasteiger partial charge is 0.268 e. The highest BCUT2D eigenvalue weighted by molar-refractivity contribution is 5.94. The molecule has 2 aliphatic rings. The monoisotopic (exact) mass is 295 g/mol. The van der Waals surface area contributed by atoms with E-state index < -0.39 is 0 Å². The fourth-order valence-corrected chi connectivity index (χ4v) is 3.83. The van der Waals surface area contributed by atoms with Crippen LogP contribution in [0.1, 0.15) is 16.9 Å². The van der Waals surface area contributed by atoms with Gasteiger partial charge in [0.05, 0.1) is 0 Å². The van der Waals surface area contributed by atoms with E-state index in [1.807, 2.05) is 41.9 Å². The summed E-state index contributed by atoms with van der Waals surface area (Å²) < 4.78 is 1.98. The Morgan fingerprint density at radius 2 is 1.95 bits per heavy atom. The van der Waals surface area contributed by atoms with Crippen molar-refractivity contribution in [1.82, 2.24) is 14.8 Å². The van der Waals surface area contributed by atoms with Crippen LogP contribution in [0.3, 0.4) is 0 Å². The fourth-order valence-electron chi connectivity index (χ4n) is 3.83. The van der Waals surface area contributed by atoms with Gasteiger partial charge in [-0.15, -0.1) is 0 Å². The number of aromatic nitrogens is 1. The highest BCUT2D eigenvalue weighted by Gasteiger charge is 2.38. The topological polar surface area (TPSA) is 37.3 Å². The van der Waals surface area contributed by atoms with Crippen LogP contribution in [0.2, 0.25) is 0 Å². The zero-order valence-corrected chi connectivity index (χ0v) is 12.8. The lowest BCUT2D eigenvalue weighted by atomic mass is 10.00. The third kappa shape index (κ3) is 2.24. The SMILES string of the molecule is Cn1c(C(=O)NC2CN3CC[C@H]2C3)ccc1-c1ccccc1. The third-order valence-corrected chi connectivity index (χ3v) is 5.07. The van der Waals surface area contributed by atoms with E-state index in [4.69, 9.17) is 0 Å². The van der Waals surface area contributed by atoms with Crippen LogP contribution in [0.15, 0.2) is 42.5 Å². The van der Waals surface area contributed by atoms with Gasteiger partial charge in [0, 0.05) is 31.9 Å². The Hall–Kier alpha value is -2.07. The van der Waals surface area contributed by atoms with E-state index >= 15 is 0 Å². The van der Waals surface area contributed by atoms with Crippen LogP contribution in [-0.2, 0) is 7.05 Å². The van der Waals surface area contributed by atoms with E-state index in [9.17, 15) is 4.79 Å². The van der Waals surface area contributed by atoms with Crippen LogP contribution in [0.5, 0.6) is 0 Å². The second-order valence-corrected chi connectivity index (χ2v) is 6.42. The van der Waals surface area contributed by atoms with Crippen LogP contribution in [0.25, 0.3) is 11.3 Å². The van der Waals surface area contributed by atoms with Crippen molar-refractivity contribution < 1.29 is 4.79 Å². The molecule has 3 heterocycles. The van der Waals surface area contributed by atoms with E-state index in [-0.39, 0.29) is 5.91 Å². The van der Waals surface area contributed by atoms with Crippen molar-refractivity contribution in [3.63, 3.8) is 0 Å². The predicted molar refractivity (Wildman–Crippen MR) is 86.7 cm³/mol. The maximum absolute atomic E-state index is 12.6. The molecule has 4 rings (SSSR count). The number of rotatable bonds is 3. The molecule has 0 radical (unpaired) electrons. The zero-order chi connectivity index (χ0) is 15.1. The van der Waals surface area contributed by atoms with Gasteiger partial charge in [-0.2, -0.15) is 0 Å². The molecule has 4 heteroatoms. The Morgan fingerprint density at radius 1 is 1.14 bits per heavy atom. The maximum atomic E-state index is 12.6. The maximum Gasteiger partial charge on any atom is 0.268 e. The van der Waals surface area contributed by atoms with Crippen LogP contribution < -0.4 is 5.32 Å². The van der Waals surface area contributed by atoms with Crippen LogP contribution in [0.4, 0.5) is 0 Å². The number of nitrogens with one attached hydrogen (secondary N) is 1. The number of hydrogen-bond donors (Lipinski definition) is 1. The average Bonchev–Trinajstić information content (AvgIpc) is 3.23. The van der Waals surface area contributed by atoms with Crippen molar-refractivity contribution in [3.05, 3.63) is 48.2 Å². The standard InChI is InChI=1S/C18H21N3O/c1-20-16(13-5-3-2-4-6-13)7-8-17(20)18(22)19-15-12-21-10-9-14(15)11-21/h2-8,14-15H,9-12H2,1H3,(H,19,22)/t14-,15?/m0/s1. The summed E-state index contributed by atoms with van der Waals surface area (Å²) >= 11 is 0. The van der Waals surface area contributed by atoms with E-state index in [0.717, 1.165) is 30.0 Å². The molecule has 2 aromatic rings. The molecule has 22 heavy (non-hydrogen) atoms. The molecule has 114 valence electrons. The summed E-state index contributed by atoms with van der Waals surface area (Å²) in [6.45, 7) is 3.35. The van der Waals surface area contributed by atoms with Crippen LogP contribution in [0, 0.1) is 5.92 Å². The Balaban J connectivity index is 1.53. The minimum atomic E-state index is 0.0448. The van der Waals surface area contributed by atoms with E-state index in [2.05, 4.69) is 22.3 Å². The number of nitrogens with zero attached hydrogens (tertiary/aromatic N) is 2. The molecule has 2 unspecified atom stereocenters. The van der Waals surface area contributed by atoms with Crippen molar-refractivity contribution in [2.24, 2.45) is 13.0 Å². The molecule has 1 aromatic heterocycles. The summed E-state index contributed by atoms with van der Waals surface area (Å²) in [6.07, 6.45) is 1.22. The van der Waals surface area contributed by atoms with Crippen molar-refractivity contribution in [3.8, 4) is 11.3 Å². The van der Waals surface area contributed by atoms with Gasteiger partial charge in [-0.1, -0.05) is 30.3 Å². The van der Waals surface area contributed by atoms with E-state index in [0.29, 0.717) is 12.0 Å². The summed E-state index contributed by atoms with van der Waals surface area (Å²) in [5.74, 6) is 0.682. The predicted octanol–water partition coefficient (Wildman–Crippen LogP) is 2.13. The van der Waals surface area contributed by atoms with Gasteiger partial charge in [-0.25, -0.2) is 0 Å². The number of benzene rings is 1. The van der Waals surface area contributed by atoms with Gasteiger partial charge in [0.1, 0.15) is 5.69 Å². The molecule has 1 amide bonds. The van der Waals surface area contributed by atoms with Gasteiger partial charge in [0.15, 0.2) is 0 Å². The zero-order valence-electron chi connectivity index (χ0n) is 12.8. The molecule has 2 fully saturated rings. The highest BCUT2D eigenvalue weighted by Crippen LogP contribution is 2.28. The molecule has 2 aliphatic heterocycles. The first-order chi connectivity index (χ1) is 10.7. The Kier molecular flexibility index (Phi) is 3.26. The van der Waals surface area contributed by atoms with Crippen molar-refractivity contribution in [1.29, 1.82) is 0 Å². The van der Waals surface area contributed by atoms with E-state index in [1.165, 1.54) is 13.0 Å². The summed E-state index contributed by atoms with van der Waals surface area (Å²) in [4.78, 5) is 15.0. The quantitative estimate of drug-likeness (QED) is 0.942. The minimum absolute atomic E-state index is 0.0448. The lowest BCUT2D eigenvalue weighted by Crippen LogP contribution is -2.43. The number of fused-ring (bicyclic) bond motifs is 2. The molecule has 0 saturated carbocycles. The normalized spacial score (nSPS) is 26.3. The molecule has 0 aliphatic carbocycles. The van der Waals surface area contributed by atoms with Crippen molar-refractivity contribution in [2.45, 2.75) is 12.5 Å². The van der Waals surface area contributed by atoms with Gasteiger partial charge in [0.25, 0.3) is 5.91 Å². The van der Waals surface area contributed by atoms with Gasteiger partial charge in [-0.3, -0.25) is 4.79 Å². The third-order valence-electron chi connectivity index (χ3n) is 5.07. The average molecular weight is 295 g/mol. The molecular formula is C18H21N3O. The molecule has 3 atom stereocenters. The Bertz CT molecular complexity index is 692. The van der Waals surface area contributed by atoms with Crippen LogP contribution in [-0.4, -0.2) is 41.1 Å². The Morgan fingerprint density at radius 3 is 2.64 bits per heavy atom. The van der Waals surface area contributed by atoms with Gasteiger partial charge in [-0.05, 0) is 36.6 Å². The summed E-state index contributed by atoms with van der Waals surface area (Å²) in [6, 6.07) is 14.4. The molecule has 4 nitrogen and oxygen atoms in total. The molecule has 1 aromatic carbocycles. The van der Waals surface area contributed by atoms with E-state index in [1.54, 1.807) is 0 Å². The largest absolute Gasteiger partial charge is 0.346 e. The Labute approximate surface area is 130 Å². The molecule has 0 spiro atoms. The first-order valence-corrected chi connectivity index (χ1v) is 7.97. The molecular weight excluding hydrogens is 274 g/mol. The molecule has 2 bridgehead atoms. The van der Waals surface area contributed by atoms with Crippen LogP contribution >= 0.6 is 0 Å². The number of amides is 1. The minimum Gasteiger partial charge on any atom is -0.346 e. The number of carbonyl (C=O) groups excluding carboxylic acids is 1. The first-order valence-electron chi connectivity index (χ1n) is 7.97. The molecule has 1 N–H and O–H groups in total. The first kappa shape index (κ1) is 13.6. The van der Waals surface area contributed by atoms with Gasteiger partial charge in [0.2, 0.25) is 0 Å².